The zero-order valence-corrected chi connectivity index (χ0v) is 15.9. The molecule has 0 unspecified atom stereocenters. The minimum absolute atomic E-state index is 0.0712. The van der Waals surface area contributed by atoms with E-state index < -0.39 is 11.7 Å². The lowest BCUT2D eigenvalue weighted by Gasteiger charge is -2.35. The van der Waals surface area contributed by atoms with Crippen molar-refractivity contribution in [3.8, 4) is 5.88 Å². The quantitative estimate of drug-likeness (QED) is 0.500. The number of benzene rings is 2. The molecule has 6 nitrogen and oxygen atoms in total. The number of rotatable bonds is 4. The number of aromatic hydroxyl groups is 1. The fourth-order valence-electron chi connectivity index (χ4n) is 3.59. The third-order valence-electron chi connectivity index (χ3n) is 5.16. The molecule has 0 bridgehead atoms. The van der Waals surface area contributed by atoms with Crippen LogP contribution in [0.1, 0.15) is 11.1 Å². The maximum absolute atomic E-state index is 13.7. The topological polar surface area (TPSA) is 71.9 Å². The first-order valence-electron chi connectivity index (χ1n) is 9.36. The summed E-state index contributed by atoms with van der Waals surface area (Å²) in [4.78, 5) is 21.0. The first-order valence-corrected chi connectivity index (χ1v) is 9.36. The molecule has 1 fully saturated rings. The number of para-hydroxylation sites is 1. The summed E-state index contributed by atoms with van der Waals surface area (Å²) in [6.07, 6.45) is -2.49. The number of amides is 1. The van der Waals surface area contributed by atoms with Gasteiger partial charge in [-0.05, 0) is 24.3 Å². The van der Waals surface area contributed by atoms with Gasteiger partial charge in [-0.2, -0.15) is 13.2 Å². The Morgan fingerprint density at radius 2 is 1.80 bits per heavy atom. The summed E-state index contributed by atoms with van der Waals surface area (Å²) in [7, 11) is 0. The van der Waals surface area contributed by atoms with Crippen molar-refractivity contribution in [1.29, 1.82) is 0 Å². The highest BCUT2D eigenvalue weighted by Crippen LogP contribution is 2.39. The number of nitrogens with one attached hydrogen (secondary N) is 1. The van der Waals surface area contributed by atoms with Crippen LogP contribution in [-0.4, -0.2) is 53.8 Å². The van der Waals surface area contributed by atoms with Crippen molar-refractivity contribution in [2.75, 3.05) is 31.1 Å². The Hall–Kier alpha value is -3.49. The Morgan fingerprint density at radius 3 is 2.50 bits per heavy atom. The number of alkyl halides is 3. The number of hydrogen-bond donors (Lipinski definition) is 2. The monoisotopic (exact) mass is 416 g/mol. The van der Waals surface area contributed by atoms with E-state index in [2.05, 4.69) is 9.98 Å². The third kappa shape index (κ3) is 3.83. The molecule has 3 aromatic rings. The minimum Gasteiger partial charge on any atom is -0.494 e. The summed E-state index contributed by atoms with van der Waals surface area (Å²) in [6, 6.07) is 11.1. The predicted octanol–water partition coefficient (Wildman–Crippen LogP) is 3.92. The molecule has 1 amide bonds. The average Bonchev–Trinajstić information content (AvgIpc) is 3.06. The molecule has 156 valence electrons. The van der Waals surface area contributed by atoms with Gasteiger partial charge in [0.05, 0.1) is 16.8 Å². The van der Waals surface area contributed by atoms with Gasteiger partial charge in [-0.1, -0.05) is 18.2 Å². The van der Waals surface area contributed by atoms with Crippen LogP contribution in [0.5, 0.6) is 5.88 Å². The highest BCUT2D eigenvalue weighted by atomic mass is 19.4. The zero-order chi connectivity index (χ0) is 21.3. The smallest absolute Gasteiger partial charge is 0.418 e. The fraction of sp³-hybridized carbons (Fsp3) is 0.238. The van der Waals surface area contributed by atoms with Gasteiger partial charge in [0.2, 0.25) is 6.41 Å². The number of nitrogens with zero attached hydrogens (tertiary/aromatic N) is 3. The normalized spacial score (nSPS) is 15.3. The van der Waals surface area contributed by atoms with E-state index in [1.54, 1.807) is 23.1 Å². The second-order valence-corrected chi connectivity index (χ2v) is 7.02. The van der Waals surface area contributed by atoms with Crippen LogP contribution in [0, 0.1) is 0 Å². The van der Waals surface area contributed by atoms with Crippen LogP contribution in [-0.2, 0) is 11.0 Å². The van der Waals surface area contributed by atoms with Gasteiger partial charge in [0.1, 0.15) is 0 Å². The number of piperazine rings is 1. The molecule has 0 spiro atoms. The highest BCUT2D eigenvalue weighted by Gasteiger charge is 2.35. The Morgan fingerprint density at radius 1 is 1.07 bits per heavy atom. The van der Waals surface area contributed by atoms with Crippen LogP contribution in [0.15, 0.2) is 47.5 Å². The first kappa shape index (κ1) is 19.8. The molecule has 30 heavy (non-hydrogen) atoms. The Kier molecular flexibility index (Phi) is 5.11. The number of hydrogen-bond acceptors (Lipinski definition) is 4. The Labute approximate surface area is 170 Å². The SMILES string of the molecule is O=CN1CCN(c2ccc(N=Cc3c(O)[nH]c4ccccc34)cc2C(F)(F)F)CC1. The second-order valence-electron chi connectivity index (χ2n) is 7.02. The number of aromatic nitrogens is 1. The predicted molar refractivity (Wildman–Crippen MR) is 109 cm³/mol. The maximum Gasteiger partial charge on any atom is 0.418 e. The highest BCUT2D eigenvalue weighted by molar-refractivity contribution is 6.02. The van der Waals surface area contributed by atoms with Crippen LogP contribution in [0.3, 0.4) is 0 Å². The number of H-pyrrole nitrogens is 1. The lowest BCUT2D eigenvalue weighted by Crippen LogP contribution is -2.46. The van der Waals surface area contributed by atoms with E-state index in [1.165, 1.54) is 23.2 Å². The van der Waals surface area contributed by atoms with Crippen molar-refractivity contribution >= 4 is 34.9 Å². The van der Waals surface area contributed by atoms with E-state index in [9.17, 15) is 23.1 Å². The molecule has 0 atom stereocenters. The van der Waals surface area contributed by atoms with Crippen molar-refractivity contribution in [2.24, 2.45) is 4.99 Å². The van der Waals surface area contributed by atoms with Gasteiger partial charge < -0.3 is 19.9 Å². The molecule has 9 heteroatoms. The lowest BCUT2D eigenvalue weighted by molar-refractivity contribution is -0.137. The number of anilines is 1. The summed E-state index contributed by atoms with van der Waals surface area (Å²) in [5.74, 6) is -0.0966. The molecule has 0 radical (unpaired) electrons. The van der Waals surface area contributed by atoms with Gasteiger partial charge in [-0.3, -0.25) is 9.79 Å². The lowest BCUT2D eigenvalue weighted by atomic mass is 10.1. The molecular formula is C21H19F3N4O2. The van der Waals surface area contributed by atoms with Crippen molar-refractivity contribution in [1.82, 2.24) is 9.88 Å². The average molecular weight is 416 g/mol. The largest absolute Gasteiger partial charge is 0.494 e. The Balaban J connectivity index is 1.66. The van der Waals surface area contributed by atoms with Gasteiger partial charge in [0.25, 0.3) is 0 Å². The van der Waals surface area contributed by atoms with E-state index in [-0.39, 0.29) is 17.3 Å². The fourth-order valence-corrected chi connectivity index (χ4v) is 3.59. The standard InChI is InChI=1S/C21H19F3N4O2/c22-21(23,24)17-11-14(5-6-19(17)28-9-7-27(13-29)8-10-28)25-12-16-15-3-1-2-4-18(15)26-20(16)30/h1-6,11-13,26,30H,7-10H2. The first-order chi connectivity index (χ1) is 14.4. The molecule has 0 saturated carbocycles. The van der Waals surface area contributed by atoms with E-state index in [4.69, 9.17) is 0 Å². The molecule has 1 aliphatic heterocycles. The van der Waals surface area contributed by atoms with Gasteiger partial charge in [-0.15, -0.1) is 0 Å². The van der Waals surface area contributed by atoms with Crippen molar-refractivity contribution in [3.63, 3.8) is 0 Å². The molecule has 4 rings (SSSR count). The van der Waals surface area contributed by atoms with E-state index in [0.717, 1.165) is 11.5 Å². The number of fused-ring (bicyclic) bond motifs is 1. The minimum atomic E-state index is -4.55. The second kappa shape index (κ2) is 7.74. The van der Waals surface area contributed by atoms with E-state index in [0.29, 0.717) is 43.7 Å². The van der Waals surface area contributed by atoms with Crippen LogP contribution < -0.4 is 4.90 Å². The summed E-state index contributed by atoms with van der Waals surface area (Å²) in [6.45, 7) is 1.41. The molecule has 2 heterocycles. The maximum atomic E-state index is 13.7. The number of carbonyl (C=O) groups is 1. The van der Waals surface area contributed by atoms with Crippen LogP contribution in [0.4, 0.5) is 24.5 Å². The molecule has 1 saturated heterocycles. The van der Waals surface area contributed by atoms with Crippen molar-refractivity contribution in [3.05, 3.63) is 53.6 Å². The van der Waals surface area contributed by atoms with Gasteiger partial charge in [0.15, 0.2) is 5.88 Å². The number of aliphatic imine (C=N–C) groups is 1. The third-order valence-corrected chi connectivity index (χ3v) is 5.16. The van der Waals surface area contributed by atoms with Crippen LogP contribution in [0.25, 0.3) is 10.9 Å². The summed E-state index contributed by atoms with van der Waals surface area (Å²) in [5, 5.41) is 10.8. The molecule has 2 N–H and O–H groups in total. The molecule has 1 aromatic heterocycles. The molecule has 1 aliphatic rings. The van der Waals surface area contributed by atoms with Gasteiger partial charge in [0, 0.05) is 49.0 Å². The molecule has 2 aromatic carbocycles. The molecular weight excluding hydrogens is 397 g/mol. The van der Waals surface area contributed by atoms with Crippen molar-refractivity contribution < 1.29 is 23.1 Å². The Bertz CT molecular complexity index is 1100. The van der Waals surface area contributed by atoms with Crippen LogP contribution >= 0.6 is 0 Å². The molecule has 0 aliphatic carbocycles. The van der Waals surface area contributed by atoms with Gasteiger partial charge >= 0.3 is 6.18 Å². The number of halogens is 3. The van der Waals surface area contributed by atoms with Gasteiger partial charge in [-0.25, -0.2) is 0 Å². The summed E-state index contributed by atoms with van der Waals surface area (Å²) in [5.41, 5.74) is 0.537. The zero-order valence-electron chi connectivity index (χ0n) is 15.9. The number of aromatic amines is 1. The van der Waals surface area contributed by atoms with Crippen molar-refractivity contribution in [2.45, 2.75) is 6.18 Å². The van der Waals surface area contributed by atoms with E-state index in [1.807, 2.05) is 6.07 Å². The summed E-state index contributed by atoms with van der Waals surface area (Å²) >= 11 is 0. The summed E-state index contributed by atoms with van der Waals surface area (Å²) < 4.78 is 41.2. The van der Waals surface area contributed by atoms with Crippen LogP contribution in [0.2, 0.25) is 0 Å². The van der Waals surface area contributed by atoms with E-state index >= 15 is 0 Å². The number of carbonyl (C=O) groups excluding carboxylic acids is 1.